The summed E-state index contributed by atoms with van der Waals surface area (Å²) >= 11 is 0. The predicted molar refractivity (Wildman–Crippen MR) is 253 cm³/mol. The molecule has 1 aliphatic rings. The molecule has 3 heteroatoms. The standard InChI is InChI=1S/C57H43N3/c1-57(2)53-26-16-15-25-49(53)51-38-52-50-36-35-48(59(43-21-11-5-12-22-43)44-23-13-6-14-24-44)37-55(50)60(56(52)39-54(51)57)47-33-31-46(32-34-47)58(42-19-9-4-10-20-42)45-29-27-41(28-30-45)40-17-7-3-8-18-40/h3-39H,1-2H3. The van der Waals surface area contributed by atoms with Crippen LogP contribution in [0.25, 0.3) is 49.7 Å². The summed E-state index contributed by atoms with van der Waals surface area (Å²) in [6.07, 6.45) is 0. The van der Waals surface area contributed by atoms with Crippen molar-refractivity contribution in [3.8, 4) is 27.9 Å². The average Bonchev–Trinajstić information content (AvgIpc) is 3.74. The van der Waals surface area contributed by atoms with Gasteiger partial charge in [-0.3, -0.25) is 0 Å². The maximum atomic E-state index is 2.48. The summed E-state index contributed by atoms with van der Waals surface area (Å²) in [7, 11) is 0. The predicted octanol–water partition coefficient (Wildman–Crippen LogP) is 15.7. The van der Waals surface area contributed by atoms with Crippen molar-refractivity contribution >= 4 is 55.9 Å². The molecule has 0 saturated carbocycles. The van der Waals surface area contributed by atoms with E-state index in [9.17, 15) is 0 Å². The largest absolute Gasteiger partial charge is 0.311 e. The zero-order chi connectivity index (χ0) is 40.2. The molecule has 0 fully saturated rings. The number of hydrogen-bond donors (Lipinski definition) is 0. The van der Waals surface area contributed by atoms with Crippen molar-refractivity contribution in [2.45, 2.75) is 19.3 Å². The number of aromatic nitrogens is 1. The average molecular weight is 770 g/mol. The quantitative estimate of drug-likeness (QED) is 0.152. The smallest absolute Gasteiger partial charge is 0.0561 e. The van der Waals surface area contributed by atoms with Crippen LogP contribution in [0.1, 0.15) is 25.0 Å². The van der Waals surface area contributed by atoms with E-state index in [0.717, 1.165) is 39.8 Å². The van der Waals surface area contributed by atoms with Gasteiger partial charge in [0, 0.05) is 56.0 Å². The van der Waals surface area contributed by atoms with E-state index in [-0.39, 0.29) is 5.41 Å². The summed E-state index contributed by atoms with van der Waals surface area (Å²) in [6, 6.07) is 81.4. The second-order valence-corrected chi connectivity index (χ2v) is 16.2. The van der Waals surface area contributed by atoms with Crippen molar-refractivity contribution in [1.82, 2.24) is 4.57 Å². The molecule has 0 bridgehead atoms. The Morgan fingerprint density at radius 2 is 0.783 bits per heavy atom. The number of fused-ring (bicyclic) bond motifs is 6. The molecule has 1 heterocycles. The number of rotatable bonds is 8. The van der Waals surface area contributed by atoms with Crippen LogP contribution in [0.2, 0.25) is 0 Å². The highest BCUT2D eigenvalue weighted by atomic mass is 15.1. The molecule has 1 aromatic heterocycles. The molecule has 1 aliphatic carbocycles. The zero-order valence-corrected chi connectivity index (χ0v) is 33.7. The molecule has 0 N–H and O–H groups in total. The first-order valence-corrected chi connectivity index (χ1v) is 20.8. The van der Waals surface area contributed by atoms with Crippen molar-refractivity contribution in [2.24, 2.45) is 0 Å². The third-order valence-electron chi connectivity index (χ3n) is 12.4. The molecule has 60 heavy (non-hydrogen) atoms. The highest BCUT2D eigenvalue weighted by Gasteiger charge is 2.36. The topological polar surface area (TPSA) is 11.4 Å². The maximum Gasteiger partial charge on any atom is 0.0561 e. The van der Waals surface area contributed by atoms with Crippen LogP contribution in [0.3, 0.4) is 0 Å². The number of benzene rings is 9. The summed E-state index contributed by atoms with van der Waals surface area (Å²) in [4.78, 5) is 4.69. The van der Waals surface area contributed by atoms with Crippen LogP contribution < -0.4 is 9.80 Å². The van der Waals surface area contributed by atoms with Gasteiger partial charge in [-0.2, -0.15) is 0 Å². The van der Waals surface area contributed by atoms with Gasteiger partial charge in [-0.1, -0.05) is 141 Å². The fraction of sp³-hybridized carbons (Fsp3) is 0.0526. The third-order valence-corrected chi connectivity index (χ3v) is 12.4. The van der Waals surface area contributed by atoms with E-state index in [4.69, 9.17) is 0 Å². The summed E-state index contributed by atoms with van der Waals surface area (Å²) in [5.41, 5.74) is 17.8. The van der Waals surface area contributed by atoms with Gasteiger partial charge < -0.3 is 14.4 Å². The lowest BCUT2D eigenvalue weighted by Gasteiger charge is -2.26. The summed E-state index contributed by atoms with van der Waals surface area (Å²) in [5.74, 6) is 0. The van der Waals surface area contributed by atoms with Gasteiger partial charge in [0.1, 0.15) is 0 Å². The Kier molecular flexibility index (Phi) is 8.49. The van der Waals surface area contributed by atoms with Gasteiger partial charge in [-0.15, -0.1) is 0 Å². The normalized spacial score (nSPS) is 12.6. The van der Waals surface area contributed by atoms with Gasteiger partial charge in [0.05, 0.1) is 11.0 Å². The summed E-state index contributed by atoms with van der Waals surface area (Å²) in [5, 5.41) is 2.48. The maximum absolute atomic E-state index is 2.48. The Hall–Kier alpha value is -7.62. The van der Waals surface area contributed by atoms with Gasteiger partial charge >= 0.3 is 0 Å². The molecule has 10 aromatic rings. The van der Waals surface area contributed by atoms with Crippen LogP contribution in [0, 0.1) is 0 Å². The van der Waals surface area contributed by atoms with E-state index >= 15 is 0 Å². The van der Waals surface area contributed by atoms with E-state index in [1.54, 1.807) is 0 Å². The molecule has 0 saturated heterocycles. The highest BCUT2D eigenvalue weighted by molar-refractivity contribution is 6.12. The van der Waals surface area contributed by atoms with Crippen molar-refractivity contribution in [1.29, 1.82) is 0 Å². The fourth-order valence-electron chi connectivity index (χ4n) is 9.43. The highest BCUT2D eigenvalue weighted by Crippen LogP contribution is 2.51. The molecule has 286 valence electrons. The monoisotopic (exact) mass is 769 g/mol. The second kappa shape index (κ2) is 14.3. The van der Waals surface area contributed by atoms with Crippen LogP contribution >= 0.6 is 0 Å². The van der Waals surface area contributed by atoms with E-state index in [0.29, 0.717) is 0 Å². The van der Waals surface area contributed by atoms with Gasteiger partial charge in [0.2, 0.25) is 0 Å². The summed E-state index contributed by atoms with van der Waals surface area (Å²) in [6.45, 7) is 4.73. The molecule has 0 amide bonds. The molecule has 0 spiro atoms. The second-order valence-electron chi connectivity index (χ2n) is 16.2. The SMILES string of the molecule is CC1(C)c2ccccc2-c2cc3c4ccc(N(c5ccccc5)c5ccccc5)cc4n(-c4ccc(N(c5ccccc5)c5ccc(-c6ccccc6)cc5)cc4)c3cc21. The van der Waals surface area contributed by atoms with E-state index < -0.39 is 0 Å². The minimum Gasteiger partial charge on any atom is -0.311 e. The molecule has 0 radical (unpaired) electrons. The first-order valence-electron chi connectivity index (χ1n) is 20.8. The van der Waals surface area contributed by atoms with Gasteiger partial charge in [0.15, 0.2) is 0 Å². The minimum atomic E-state index is -0.125. The van der Waals surface area contributed by atoms with Gasteiger partial charge in [-0.05, 0) is 130 Å². The molecule has 11 rings (SSSR count). The lowest BCUT2D eigenvalue weighted by Crippen LogP contribution is -2.15. The van der Waals surface area contributed by atoms with Crippen molar-refractivity contribution < 1.29 is 0 Å². The Morgan fingerprint density at radius 1 is 0.333 bits per heavy atom. The Bertz CT molecular complexity index is 3090. The minimum absolute atomic E-state index is 0.125. The fourth-order valence-corrected chi connectivity index (χ4v) is 9.43. The van der Waals surface area contributed by atoms with Gasteiger partial charge in [0.25, 0.3) is 0 Å². The van der Waals surface area contributed by atoms with Crippen LogP contribution in [-0.4, -0.2) is 4.57 Å². The molecule has 9 aromatic carbocycles. The van der Waals surface area contributed by atoms with Crippen molar-refractivity contribution in [3.05, 3.63) is 236 Å². The molecule has 0 aliphatic heterocycles. The molecular weight excluding hydrogens is 727 g/mol. The molecular formula is C57H43N3. The van der Waals surface area contributed by atoms with Crippen LogP contribution in [0.5, 0.6) is 0 Å². The first-order chi connectivity index (χ1) is 29.5. The van der Waals surface area contributed by atoms with Gasteiger partial charge in [-0.25, -0.2) is 0 Å². The lowest BCUT2D eigenvalue weighted by molar-refractivity contribution is 0.661. The molecule has 0 unspecified atom stereocenters. The number of para-hydroxylation sites is 3. The Morgan fingerprint density at radius 3 is 1.38 bits per heavy atom. The Labute approximate surface area is 351 Å². The molecule has 3 nitrogen and oxygen atoms in total. The van der Waals surface area contributed by atoms with Crippen LogP contribution in [0.4, 0.5) is 34.1 Å². The van der Waals surface area contributed by atoms with Crippen LogP contribution in [0.15, 0.2) is 224 Å². The van der Waals surface area contributed by atoms with Crippen molar-refractivity contribution in [3.63, 3.8) is 0 Å². The summed E-state index contributed by atoms with van der Waals surface area (Å²) < 4.78 is 2.48. The van der Waals surface area contributed by atoms with Crippen molar-refractivity contribution in [2.75, 3.05) is 9.80 Å². The number of hydrogen-bond acceptors (Lipinski definition) is 2. The zero-order valence-electron chi connectivity index (χ0n) is 33.7. The lowest BCUT2D eigenvalue weighted by atomic mass is 9.82. The van der Waals surface area contributed by atoms with E-state index in [1.807, 2.05) is 0 Å². The Balaban J connectivity index is 1.10. The first kappa shape index (κ1) is 35.5. The number of nitrogens with zero attached hydrogens (tertiary/aromatic N) is 3. The third kappa shape index (κ3) is 5.89. The van der Waals surface area contributed by atoms with E-state index in [2.05, 4.69) is 253 Å². The van der Waals surface area contributed by atoms with E-state index in [1.165, 1.54) is 55.2 Å². The molecule has 0 atom stereocenters. The van der Waals surface area contributed by atoms with Crippen LogP contribution in [-0.2, 0) is 5.41 Å². The number of anilines is 6.